The molecule has 5 rings (SSSR count). The summed E-state index contributed by atoms with van der Waals surface area (Å²) in [5.41, 5.74) is 2.07. The average Bonchev–Trinajstić information content (AvgIpc) is 3.66. The number of Topliss-reactive ketones (excluding diaryl/α,β-unsaturated/α-hetero) is 1. The monoisotopic (exact) mass is 560 g/mol. The molecule has 0 aliphatic carbocycles. The smallest absolute Gasteiger partial charge is 0.274 e. The number of aryl methyl sites for hydroxylation is 2. The zero-order valence-corrected chi connectivity index (χ0v) is 23.7. The van der Waals surface area contributed by atoms with Crippen molar-refractivity contribution in [2.75, 3.05) is 31.5 Å². The van der Waals surface area contributed by atoms with Crippen LogP contribution in [-0.2, 0) is 16.6 Å². The molecule has 2 saturated heterocycles. The van der Waals surface area contributed by atoms with E-state index in [9.17, 15) is 19.2 Å². The summed E-state index contributed by atoms with van der Waals surface area (Å²) in [6.07, 6.45) is 5.60. The third-order valence-corrected chi connectivity index (χ3v) is 7.60. The van der Waals surface area contributed by atoms with Crippen molar-refractivity contribution in [3.05, 3.63) is 53.5 Å². The molecule has 0 radical (unpaired) electrons. The Morgan fingerprint density at radius 3 is 2.54 bits per heavy atom. The van der Waals surface area contributed by atoms with E-state index in [1.165, 1.54) is 13.0 Å². The molecule has 2 aromatic heterocycles. The zero-order valence-electron chi connectivity index (χ0n) is 23.7. The van der Waals surface area contributed by atoms with E-state index in [1.807, 2.05) is 30.0 Å². The van der Waals surface area contributed by atoms with Gasteiger partial charge in [0, 0.05) is 49.5 Å². The van der Waals surface area contributed by atoms with E-state index < -0.39 is 11.9 Å². The molecule has 1 aromatic carbocycles. The summed E-state index contributed by atoms with van der Waals surface area (Å²) >= 11 is 0. The molecule has 2 aliphatic rings. The molecule has 1 atom stereocenters. The number of nitrogens with one attached hydrogen (secondary N) is 2. The van der Waals surface area contributed by atoms with E-state index in [1.54, 1.807) is 28.8 Å². The summed E-state index contributed by atoms with van der Waals surface area (Å²) in [4.78, 5) is 59.8. The Labute approximate surface area is 238 Å². The molecule has 4 heterocycles. The van der Waals surface area contributed by atoms with Crippen LogP contribution in [0.25, 0.3) is 11.0 Å². The molecule has 3 aromatic rings. The fourth-order valence-electron chi connectivity index (χ4n) is 5.39. The number of aliphatic imine (C=N–C) groups is 1. The molecule has 2 N–H and O–H groups in total. The summed E-state index contributed by atoms with van der Waals surface area (Å²) in [5.74, 6) is -0.0251. The largest absolute Gasteiger partial charge is 0.461 e. The Balaban J connectivity index is 1.42. The van der Waals surface area contributed by atoms with E-state index in [2.05, 4.69) is 10.6 Å². The fourth-order valence-corrected chi connectivity index (χ4v) is 5.39. The van der Waals surface area contributed by atoms with E-state index >= 15 is 0 Å². The minimum absolute atomic E-state index is 0.0354. The van der Waals surface area contributed by atoms with Crippen molar-refractivity contribution >= 4 is 46.1 Å². The molecule has 41 heavy (non-hydrogen) atoms. The van der Waals surface area contributed by atoms with Gasteiger partial charge in [0.2, 0.25) is 17.8 Å². The Morgan fingerprint density at radius 1 is 1.05 bits per heavy atom. The highest BCUT2D eigenvalue weighted by molar-refractivity contribution is 6.11. The first-order chi connectivity index (χ1) is 19.7. The fraction of sp³-hybridized carbons (Fsp3) is 0.433. The number of carbonyl (C=O) groups excluding carboxylic acids is 4. The van der Waals surface area contributed by atoms with Crippen LogP contribution in [0.1, 0.15) is 65.6 Å². The summed E-state index contributed by atoms with van der Waals surface area (Å²) in [6, 6.07) is 8.17. The van der Waals surface area contributed by atoms with E-state index in [-0.39, 0.29) is 35.8 Å². The number of aromatic nitrogens is 1. The second-order valence-electron chi connectivity index (χ2n) is 10.8. The minimum Gasteiger partial charge on any atom is -0.461 e. The first-order valence-electron chi connectivity index (χ1n) is 14.1. The van der Waals surface area contributed by atoms with Crippen LogP contribution in [0.2, 0.25) is 0 Å². The number of ketones is 1. The average molecular weight is 561 g/mol. The summed E-state index contributed by atoms with van der Waals surface area (Å²) in [6.45, 7) is 5.30. The second-order valence-corrected chi connectivity index (χ2v) is 10.8. The number of amides is 3. The van der Waals surface area contributed by atoms with Crippen molar-refractivity contribution < 1.29 is 23.6 Å². The van der Waals surface area contributed by atoms with Crippen molar-refractivity contribution in [1.82, 2.24) is 19.7 Å². The molecule has 0 bridgehead atoms. The topological polar surface area (TPSA) is 129 Å². The number of guanidine groups is 1. The highest BCUT2D eigenvalue weighted by Crippen LogP contribution is 2.23. The van der Waals surface area contributed by atoms with Crippen LogP contribution in [0.5, 0.6) is 0 Å². The van der Waals surface area contributed by atoms with E-state index in [0.717, 1.165) is 55.5 Å². The van der Waals surface area contributed by atoms with E-state index in [4.69, 9.17) is 9.41 Å². The van der Waals surface area contributed by atoms with E-state index in [0.29, 0.717) is 24.2 Å². The van der Waals surface area contributed by atoms with Crippen molar-refractivity contribution in [2.24, 2.45) is 12.0 Å². The van der Waals surface area contributed by atoms with Gasteiger partial charge in [0.25, 0.3) is 5.91 Å². The van der Waals surface area contributed by atoms with Crippen molar-refractivity contribution in [3.8, 4) is 0 Å². The summed E-state index contributed by atoms with van der Waals surface area (Å²) in [5, 5.41) is 6.87. The molecule has 2 fully saturated rings. The molecular weight excluding hydrogens is 524 g/mol. The second kappa shape index (κ2) is 12.0. The van der Waals surface area contributed by atoms with Gasteiger partial charge in [-0.25, -0.2) is 4.99 Å². The maximum atomic E-state index is 13.6. The Bertz CT molecular complexity index is 1510. The molecule has 11 heteroatoms. The molecule has 1 unspecified atom stereocenters. The molecule has 3 amide bonds. The normalized spacial score (nSPS) is 18.1. The number of carbonyl (C=O) groups is 4. The predicted molar refractivity (Wildman–Crippen MR) is 155 cm³/mol. The number of hydrogen-bond donors (Lipinski definition) is 2. The van der Waals surface area contributed by atoms with Crippen molar-refractivity contribution in [2.45, 2.75) is 52.0 Å². The molecule has 11 nitrogen and oxygen atoms in total. The maximum Gasteiger partial charge on any atom is 0.274 e. The van der Waals surface area contributed by atoms with Gasteiger partial charge in [0.15, 0.2) is 5.78 Å². The van der Waals surface area contributed by atoms with Gasteiger partial charge in [-0.15, -0.1) is 0 Å². The number of rotatable bonds is 6. The summed E-state index contributed by atoms with van der Waals surface area (Å²) < 4.78 is 7.25. The third-order valence-electron chi connectivity index (χ3n) is 7.60. The molecular formula is C30H36N6O5. The first-order valence-corrected chi connectivity index (χ1v) is 14.1. The molecule has 0 saturated carbocycles. The SMILES string of the molecule is CC(=O)c1cc(C(=O)NC(=NC2CCCCN(CC(=O)N3CCCC3)C2=O)Nc2ccc3oc(C)cc3c2)n(C)c1. The minimum atomic E-state index is -0.771. The van der Waals surface area contributed by atoms with Gasteiger partial charge in [-0.05, 0) is 76.3 Å². The van der Waals surface area contributed by atoms with Crippen molar-refractivity contribution in [1.29, 1.82) is 0 Å². The van der Waals surface area contributed by atoms with Crippen LogP contribution in [0.3, 0.4) is 0 Å². The number of hydrogen-bond acceptors (Lipinski definition) is 6. The predicted octanol–water partition coefficient (Wildman–Crippen LogP) is 3.48. The number of furan rings is 1. The highest BCUT2D eigenvalue weighted by Gasteiger charge is 2.30. The summed E-state index contributed by atoms with van der Waals surface area (Å²) in [7, 11) is 1.69. The standard InChI is InChI=1S/C30H36N6O5/c1-19-14-21-15-23(9-10-26(21)41-19)31-30(33-28(39)25-16-22(20(2)37)17-34(25)3)32-24-8-4-5-13-36(29(24)40)18-27(38)35-11-6-7-12-35/h9-10,14-17,24H,4-8,11-13,18H2,1-3H3,(H2,31,32,33,39). The number of benzene rings is 1. The van der Waals surface area contributed by atoms with Crippen LogP contribution in [0.15, 0.2) is 45.9 Å². The third kappa shape index (κ3) is 6.50. The molecule has 2 aliphatic heterocycles. The highest BCUT2D eigenvalue weighted by atomic mass is 16.3. The van der Waals surface area contributed by atoms with Gasteiger partial charge in [0.05, 0.1) is 6.54 Å². The Morgan fingerprint density at radius 2 is 1.80 bits per heavy atom. The zero-order chi connectivity index (χ0) is 29.1. The Kier molecular flexibility index (Phi) is 8.23. The van der Waals surface area contributed by atoms with Crippen LogP contribution >= 0.6 is 0 Å². The van der Waals surface area contributed by atoms with Gasteiger partial charge in [-0.1, -0.05) is 0 Å². The van der Waals surface area contributed by atoms with Crippen LogP contribution in [0, 0.1) is 6.92 Å². The lowest BCUT2D eigenvalue weighted by Gasteiger charge is -2.25. The number of nitrogens with zero attached hydrogens (tertiary/aromatic N) is 4. The van der Waals surface area contributed by atoms with Gasteiger partial charge in [-0.3, -0.25) is 24.5 Å². The van der Waals surface area contributed by atoms with Gasteiger partial charge < -0.3 is 24.1 Å². The quantitative estimate of drug-likeness (QED) is 0.270. The Hall–Kier alpha value is -4.41. The number of anilines is 1. The first kappa shape index (κ1) is 28.1. The molecule has 216 valence electrons. The van der Waals surface area contributed by atoms with Gasteiger partial charge in [-0.2, -0.15) is 0 Å². The van der Waals surface area contributed by atoms with Crippen LogP contribution in [0.4, 0.5) is 5.69 Å². The van der Waals surface area contributed by atoms with Gasteiger partial charge in [0.1, 0.15) is 23.1 Å². The lowest BCUT2D eigenvalue weighted by Crippen LogP contribution is -2.45. The lowest BCUT2D eigenvalue weighted by atomic mass is 10.1. The number of likely N-dealkylation sites (tertiary alicyclic amines) is 2. The van der Waals surface area contributed by atoms with Gasteiger partial charge >= 0.3 is 0 Å². The van der Waals surface area contributed by atoms with Crippen LogP contribution < -0.4 is 10.6 Å². The molecule has 0 spiro atoms. The van der Waals surface area contributed by atoms with Crippen molar-refractivity contribution in [3.63, 3.8) is 0 Å². The lowest BCUT2D eigenvalue weighted by molar-refractivity contribution is -0.140. The maximum absolute atomic E-state index is 13.6. The number of fused-ring (bicyclic) bond motifs is 1. The van der Waals surface area contributed by atoms with Crippen LogP contribution in [-0.4, -0.2) is 76.1 Å².